The maximum atomic E-state index is 12.9. The van der Waals surface area contributed by atoms with Crippen LogP contribution in [-0.2, 0) is 9.59 Å². The van der Waals surface area contributed by atoms with E-state index >= 15 is 0 Å². The van der Waals surface area contributed by atoms with Crippen molar-refractivity contribution in [2.45, 2.75) is 39.7 Å². The Morgan fingerprint density at radius 1 is 1.42 bits per heavy atom. The van der Waals surface area contributed by atoms with Gasteiger partial charge in [-0.25, -0.2) is 0 Å². The molecule has 2 N–H and O–H groups in total. The van der Waals surface area contributed by atoms with Crippen molar-refractivity contribution in [1.29, 1.82) is 0 Å². The third-order valence-corrected chi connectivity index (χ3v) is 4.99. The number of benzene rings is 1. The van der Waals surface area contributed by atoms with Gasteiger partial charge in [0.15, 0.2) is 0 Å². The third kappa shape index (κ3) is 4.55. The van der Waals surface area contributed by atoms with Crippen molar-refractivity contribution in [3.63, 3.8) is 0 Å². The molecule has 6 nitrogen and oxygen atoms in total. The molecule has 0 aromatic heterocycles. The lowest BCUT2D eigenvalue weighted by atomic mass is 9.83. The number of methoxy groups -OCH3 is 1. The molecule has 6 heteroatoms. The summed E-state index contributed by atoms with van der Waals surface area (Å²) < 4.78 is 5.31. The molecule has 1 heterocycles. The maximum Gasteiger partial charge on any atom is 0.225 e. The van der Waals surface area contributed by atoms with Gasteiger partial charge in [-0.15, -0.1) is 0 Å². The number of hydrogen-bond donors (Lipinski definition) is 2. The van der Waals surface area contributed by atoms with Crippen LogP contribution in [-0.4, -0.2) is 48.6 Å². The van der Waals surface area contributed by atoms with Crippen molar-refractivity contribution in [2.75, 3.05) is 26.8 Å². The highest BCUT2D eigenvalue weighted by Gasteiger charge is 2.40. The van der Waals surface area contributed by atoms with Gasteiger partial charge in [0, 0.05) is 31.5 Å². The number of ether oxygens (including phenoxy) is 1. The fourth-order valence-corrected chi connectivity index (χ4v) is 3.35. The molecule has 1 fully saturated rings. The second-order valence-corrected chi connectivity index (χ2v) is 7.59. The highest BCUT2D eigenvalue weighted by Crippen LogP contribution is 2.38. The molecule has 1 aliphatic heterocycles. The van der Waals surface area contributed by atoms with E-state index in [2.05, 4.69) is 5.32 Å². The molecule has 0 radical (unpaired) electrons. The molecule has 0 bridgehead atoms. The normalized spacial score (nSPS) is 20.8. The first kappa shape index (κ1) is 20.2. The molecule has 1 aliphatic rings. The van der Waals surface area contributed by atoms with Crippen molar-refractivity contribution in [2.24, 2.45) is 11.3 Å². The van der Waals surface area contributed by atoms with Gasteiger partial charge in [0.05, 0.1) is 19.1 Å². The van der Waals surface area contributed by atoms with Crippen LogP contribution in [0.5, 0.6) is 5.75 Å². The molecule has 2 amide bonds. The number of carbonyl (C=O) groups is 2. The molecule has 0 unspecified atom stereocenters. The number of hydrogen-bond acceptors (Lipinski definition) is 4. The quantitative estimate of drug-likeness (QED) is 0.779. The van der Waals surface area contributed by atoms with Crippen LogP contribution in [0.4, 0.5) is 0 Å². The number of rotatable bonds is 7. The van der Waals surface area contributed by atoms with Crippen LogP contribution in [0.2, 0.25) is 0 Å². The number of carbonyl (C=O) groups excluding carboxylic acids is 2. The smallest absolute Gasteiger partial charge is 0.225 e. The zero-order valence-electron chi connectivity index (χ0n) is 16.1. The Balaban J connectivity index is 2.29. The van der Waals surface area contributed by atoms with Crippen LogP contribution in [0.1, 0.15) is 45.2 Å². The molecule has 0 aliphatic carbocycles. The Bertz CT molecular complexity index is 644. The largest absolute Gasteiger partial charge is 0.497 e. The molecule has 26 heavy (non-hydrogen) atoms. The number of amides is 2. The Kier molecular flexibility index (Phi) is 6.64. The molecular weight excluding hydrogens is 332 g/mol. The average Bonchev–Trinajstić information content (AvgIpc) is 2.65. The summed E-state index contributed by atoms with van der Waals surface area (Å²) in [7, 11) is 1.60. The number of nitrogens with one attached hydrogen (secondary N) is 1. The fourth-order valence-electron chi connectivity index (χ4n) is 3.35. The molecule has 1 saturated heterocycles. The minimum atomic E-state index is -0.379. The summed E-state index contributed by atoms with van der Waals surface area (Å²) in [5.74, 6) is 0.372. The van der Waals surface area contributed by atoms with Crippen molar-refractivity contribution in [3.05, 3.63) is 29.8 Å². The Labute approximate surface area is 155 Å². The van der Waals surface area contributed by atoms with Gasteiger partial charge >= 0.3 is 0 Å². The minimum Gasteiger partial charge on any atom is -0.497 e. The minimum absolute atomic E-state index is 0.00314. The predicted molar refractivity (Wildman–Crippen MR) is 99.7 cm³/mol. The number of aliphatic hydroxyl groups is 1. The van der Waals surface area contributed by atoms with E-state index in [0.717, 1.165) is 5.56 Å². The van der Waals surface area contributed by atoms with Gasteiger partial charge in [0.1, 0.15) is 5.75 Å². The first-order valence-electron chi connectivity index (χ1n) is 9.15. The number of piperidine rings is 1. The Morgan fingerprint density at radius 3 is 2.77 bits per heavy atom. The predicted octanol–water partition coefficient (Wildman–Crippen LogP) is 2.13. The molecule has 1 aromatic carbocycles. The van der Waals surface area contributed by atoms with E-state index in [1.807, 2.05) is 45.0 Å². The van der Waals surface area contributed by atoms with E-state index in [9.17, 15) is 14.7 Å². The van der Waals surface area contributed by atoms with Crippen LogP contribution in [0.15, 0.2) is 24.3 Å². The molecule has 1 aromatic rings. The second kappa shape index (κ2) is 8.54. The fraction of sp³-hybridized carbons (Fsp3) is 0.600. The van der Waals surface area contributed by atoms with Crippen LogP contribution < -0.4 is 10.1 Å². The molecule has 0 saturated carbocycles. The standard InChI is InChI=1S/C20H30N2O4/c1-5-22-17(24)10-9-16(19(25)21-12-20(2,3)13-23)18(22)14-7-6-8-15(11-14)26-4/h6-8,11,16,18,23H,5,9-10,12-13H2,1-4H3,(H,21,25)/t16-,18+/m1/s1. The van der Waals surface area contributed by atoms with E-state index in [0.29, 0.717) is 31.7 Å². The molecule has 2 atom stereocenters. The summed E-state index contributed by atoms with van der Waals surface area (Å²) in [4.78, 5) is 27.1. The lowest BCUT2D eigenvalue weighted by Gasteiger charge is -2.40. The number of nitrogens with zero attached hydrogens (tertiary/aromatic N) is 1. The first-order valence-corrected chi connectivity index (χ1v) is 9.15. The first-order chi connectivity index (χ1) is 12.3. The van der Waals surface area contributed by atoms with Gasteiger partial charge in [-0.05, 0) is 31.0 Å². The summed E-state index contributed by atoms with van der Waals surface area (Å²) in [6, 6.07) is 7.25. The molecular formula is C20H30N2O4. The zero-order chi connectivity index (χ0) is 19.3. The van der Waals surface area contributed by atoms with E-state index < -0.39 is 0 Å². The van der Waals surface area contributed by atoms with Crippen LogP contribution in [0.25, 0.3) is 0 Å². The van der Waals surface area contributed by atoms with E-state index in [-0.39, 0.29) is 35.8 Å². The molecule has 0 spiro atoms. The van der Waals surface area contributed by atoms with Gasteiger partial charge in [-0.3, -0.25) is 9.59 Å². The van der Waals surface area contributed by atoms with E-state index in [1.165, 1.54) is 0 Å². The van der Waals surface area contributed by atoms with E-state index in [4.69, 9.17) is 4.74 Å². The van der Waals surface area contributed by atoms with Crippen LogP contribution in [0.3, 0.4) is 0 Å². The maximum absolute atomic E-state index is 12.9. The van der Waals surface area contributed by atoms with Crippen molar-refractivity contribution < 1.29 is 19.4 Å². The summed E-state index contributed by atoms with van der Waals surface area (Å²) in [5, 5.41) is 12.4. The molecule has 2 rings (SSSR count). The SMILES string of the molecule is CCN1C(=O)CC[C@@H](C(=O)NCC(C)(C)CO)[C@@H]1c1cccc(OC)c1. The lowest BCUT2D eigenvalue weighted by molar-refractivity contribution is -0.143. The highest BCUT2D eigenvalue weighted by molar-refractivity contribution is 5.85. The number of likely N-dealkylation sites (tertiary alicyclic amines) is 1. The average molecular weight is 362 g/mol. The second-order valence-electron chi connectivity index (χ2n) is 7.59. The van der Waals surface area contributed by atoms with Crippen LogP contribution >= 0.6 is 0 Å². The Hall–Kier alpha value is -2.08. The van der Waals surface area contributed by atoms with Gasteiger partial charge in [-0.1, -0.05) is 26.0 Å². The van der Waals surface area contributed by atoms with Crippen molar-refractivity contribution in [3.8, 4) is 5.75 Å². The Morgan fingerprint density at radius 2 is 2.15 bits per heavy atom. The lowest BCUT2D eigenvalue weighted by Crippen LogP contribution is -2.49. The third-order valence-electron chi connectivity index (χ3n) is 4.99. The topological polar surface area (TPSA) is 78.9 Å². The summed E-state index contributed by atoms with van der Waals surface area (Å²) in [5.41, 5.74) is 0.525. The van der Waals surface area contributed by atoms with Gasteiger partial charge in [-0.2, -0.15) is 0 Å². The number of aliphatic hydroxyl groups excluding tert-OH is 1. The van der Waals surface area contributed by atoms with Crippen molar-refractivity contribution in [1.82, 2.24) is 10.2 Å². The summed E-state index contributed by atoms with van der Waals surface area (Å²) in [6.07, 6.45) is 0.887. The molecule has 144 valence electrons. The monoisotopic (exact) mass is 362 g/mol. The van der Waals surface area contributed by atoms with Gasteiger partial charge in [0.2, 0.25) is 11.8 Å². The van der Waals surface area contributed by atoms with Crippen molar-refractivity contribution >= 4 is 11.8 Å². The zero-order valence-corrected chi connectivity index (χ0v) is 16.1. The van der Waals surface area contributed by atoms with Gasteiger partial charge < -0.3 is 20.1 Å². The van der Waals surface area contributed by atoms with Gasteiger partial charge in [0.25, 0.3) is 0 Å². The summed E-state index contributed by atoms with van der Waals surface area (Å²) in [6.45, 7) is 6.67. The summed E-state index contributed by atoms with van der Waals surface area (Å²) >= 11 is 0. The van der Waals surface area contributed by atoms with E-state index in [1.54, 1.807) is 12.0 Å². The van der Waals surface area contributed by atoms with Crippen LogP contribution in [0, 0.1) is 11.3 Å². The highest BCUT2D eigenvalue weighted by atomic mass is 16.5.